The topological polar surface area (TPSA) is 73.2 Å². The van der Waals surface area contributed by atoms with Gasteiger partial charge in [0.05, 0.1) is 6.20 Å². The highest BCUT2D eigenvalue weighted by Gasteiger charge is 2.21. The van der Waals surface area contributed by atoms with Crippen LogP contribution in [0.5, 0.6) is 0 Å². The summed E-state index contributed by atoms with van der Waals surface area (Å²) in [5, 5.41) is 10.2. The molecule has 1 fully saturated rings. The molecular weight excluding hydrogens is 559 g/mol. The predicted octanol–water partition coefficient (Wildman–Crippen LogP) is 9.85. The number of halogens is 1. The van der Waals surface area contributed by atoms with Gasteiger partial charge in [0.1, 0.15) is 11.6 Å². The monoisotopic (exact) mass is 625 g/mol. The average molecular weight is 625 g/mol. The molecule has 45 heavy (non-hydrogen) atoms. The number of H-pyrrole nitrogens is 1. The van der Waals surface area contributed by atoms with Crippen LogP contribution in [0.3, 0.4) is 0 Å². The summed E-state index contributed by atoms with van der Waals surface area (Å²) in [7, 11) is 2.24. The van der Waals surface area contributed by atoms with Gasteiger partial charge in [0.15, 0.2) is 0 Å². The van der Waals surface area contributed by atoms with E-state index in [1.807, 2.05) is 65.0 Å². The summed E-state index contributed by atoms with van der Waals surface area (Å²) in [5.41, 5.74) is 9.43. The maximum Gasteiger partial charge on any atom is 0.133 e. The second kappa shape index (κ2) is 26.1. The Balaban J connectivity index is 0.000000777. The lowest BCUT2D eigenvalue weighted by atomic mass is 10.0. The highest BCUT2D eigenvalue weighted by molar-refractivity contribution is 5.76. The summed E-state index contributed by atoms with van der Waals surface area (Å²) in [6.45, 7) is 23.9. The largest absolute Gasteiger partial charge is 0.405 e. The van der Waals surface area contributed by atoms with Crippen molar-refractivity contribution in [2.45, 2.75) is 107 Å². The number of nitrogens with two attached hydrogens (primary N) is 1. The van der Waals surface area contributed by atoms with Gasteiger partial charge in [-0.25, -0.2) is 4.39 Å². The molecule has 0 saturated carbocycles. The smallest absolute Gasteiger partial charge is 0.133 e. The van der Waals surface area contributed by atoms with E-state index in [4.69, 9.17) is 5.73 Å². The molecular formula is C38H65FN6. The number of likely N-dealkylation sites (tertiary alicyclic amines) is 1. The van der Waals surface area contributed by atoms with Crippen molar-refractivity contribution < 1.29 is 4.39 Å². The number of aryl methyl sites for hydroxylation is 1. The Hall–Kier alpha value is -3.16. The molecule has 0 bridgehead atoms. The van der Waals surface area contributed by atoms with Crippen LogP contribution < -0.4 is 11.1 Å². The van der Waals surface area contributed by atoms with Gasteiger partial charge in [-0.3, -0.25) is 5.10 Å². The Morgan fingerprint density at radius 1 is 1.11 bits per heavy atom. The Kier molecular flexibility index (Phi) is 24.3. The minimum absolute atomic E-state index is 0.260. The summed E-state index contributed by atoms with van der Waals surface area (Å²) >= 11 is 0. The third-order valence-corrected chi connectivity index (χ3v) is 7.44. The van der Waals surface area contributed by atoms with Gasteiger partial charge in [-0.2, -0.15) is 5.10 Å². The Labute approximate surface area is 275 Å². The standard InChI is InChI=1S/C20H24FN3.C12H26N2.C4H9N.C2H6/c1-5-14(3)8-7-9-16(6-2)23-20-18(13-22-24-20)17-12-15(4)10-11-19(17)21;1-4-8-14(9-5-2)12-6-10-13(3)11-7-12;1-2-3-4-5;1-2/h6-13H,5H2,1-4H3,(H2,22,23,24);12H,4-11H2,1-3H3;3-4H,2,5H2,1H3;1-2H3/b9-7-,14-8+,16-6+;;4-3+;. The van der Waals surface area contributed by atoms with Crippen molar-refractivity contribution in [3.05, 3.63) is 83.6 Å². The lowest BCUT2D eigenvalue weighted by Gasteiger charge is -2.37. The molecule has 0 atom stereocenters. The van der Waals surface area contributed by atoms with E-state index in [2.05, 4.69) is 66.1 Å². The first kappa shape index (κ1) is 41.8. The van der Waals surface area contributed by atoms with Crippen LogP contribution in [0.25, 0.3) is 11.1 Å². The molecule has 254 valence electrons. The van der Waals surface area contributed by atoms with E-state index in [0.717, 1.165) is 30.1 Å². The molecule has 1 aliphatic rings. The molecule has 0 spiro atoms. The van der Waals surface area contributed by atoms with Gasteiger partial charge in [-0.15, -0.1) is 0 Å². The molecule has 1 saturated heterocycles. The van der Waals surface area contributed by atoms with Crippen LogP contribution >= 0.6 is 0 Å². The SMILES string of the molecule is CC.CC/C=C/N.CCCN(CCC)C1CCN(C)CC1.C\C=C(/C=C\C=C(/C)CC)Nc1[nH]ncc1-c1cc(C)ccc1F. The minimum atomic E-state index is -0.260. The van der Waals surface area contributed by atoms with Gasteiger partial charge in [0.25, 0.3) is 0 Å². The Bertz CT molecular complexity index is 1130. The zero-order chi connectivity index (χ0) is 34.0. The maximum absolute atomic E-state index is 14.2. The third kappa shape index (κ3) is 17.2. The molecule has 6 nitrogen and oxygen atoms in total. The third-order valence-electron chi connectivity index (χ3n) is 7.44. The highest BCUT2D eigenvalue weighted by Crippen LogP contribution is 2.30. The number of piperidine rings is 1. The first-order chi connectivity index (χ1) is 21.7. The van der Waals surface area contributed by atoms with E-state index in [-0.39, 0.29) is 5.82 Å². The number of hydrogen-bond acceptors (Lipinski definition) is 5. The number of rotatable bonds is 12. The van der Waals surface area contributed by atoms with E-state index < -0.39 is 0 Å². The van der Waals surface area contributed by atoms with Gasteiger partial charge >= 0.3 is 0 Å². The minimum Gasteiger partial charge on any atom is -0.405 e. The molecule has 0 amide bonds. The first-order valence-electron chi connectivity index (χ1n) is 17.1. The van der Waals surface area contributed by atoms with E-state index in [1.54, 1.807) is 18.5 Å². The quantitative estimate of drug-likeness (QED) is 0.205. The van der Waals surface area contributed by atoms with Crippen molar-refractivity contribution in [2.75, 3.05) is 38.5 Å². The molecule has 1 aromatic heterocycles. The van der Waals surface area contributed by atoms with Crippen molar-refractivity contribution in [2.24, 2.45) is 5.73 Å². The molecule has 0 unspecified atom stereocenters. The fraction of sp³-hybridized carbons (Fsp3) is 0.553. The molecule has 4 N–H and O–H groups in total. The summed E-state index contributed by atoms with van der Waals surface area (Å²) in [5.74, 6) is 0.414. The van der Waals surface area contributed by atoms with Crippen LogP contribution in [0.2, 0.25) is 0 Å². The second-order valence-corrected chi connectivity index (χ2v) is 11.1. The van der Waals surface area contributed by atoms with Crippen molar-refractivity contribution in [3.8, 4) is 11.1 Å². The van der Waals surface area contributed by atoms with Crippen molar-refractivity contribution in [1.82, 2.24) is 20.0 Å². The number of aromatic nitrogens is 2. The average Bonchev–Trinajstić information content (AvgIpc) is 3.51. The summed E-state index contributed by atoms with van der Waals surface area (Å²) in [6.07, 6.45) is 20.5. The Morgan fingerprint density at radius 2 is 1.76 bits per heavy atom. The summed E-state index contributed by atoms with van der Waals surface area (Å²) in [6, 6.07) is 5.93. The highest BCUT2D eigenvalue weighted by atomic mass is 19.1. The van der Waals surface area contributed by atoms with E-state index in [1.165, 1.54) is 63.5 Å². The van der Waals surface area contributed by atoms with E-state index in [9.17, 15) is 4.39 Å². The maximum atomic E-state index is 14.2. The van der Waals surface area contributed by atoms with E-state index >= 15 is 0 Å². The van der Waals surface area contributed by atoms with Gasteiger partial charge in [-0.05, 0) is 117 Å². The Morgan fingerprint density at radius 3 is 2.27 bits per heavy atom. The molecule has 2 aromatic rings. The number of benzene rings is 1. The van der Waals surface area contributed by atoms with Crippen molar-refractivity contribution in [3.63, 3.8) is 0 Å². The zero-order valence-electron chi connectivity index (χ0n) is 30.2. The number of aromatic amines is 1. The molecule has 1 aliphatic heterocycles. The van der Waals surface area contributed by atoms with Crippen LogP contribution in [-0.2, 0) is 0 Å². The van der Waals surface area contributed by atoms with Crippen molar-refractivity contribution >= 4 is 5.82 Å². The molecule has 0 radical (unpaired) electrons. The fourth-order valence-corrected chi connectivity index (χ4v) is 4.77. The number of nitrogens with one attached hydrogen (secondary N) is 2. The van der Waals surface area contributed by atoms with Gasteiger partial charge in [0, 0.05) is 22.9 Å². The van der Waals surface area contributed by atoms with Crippen LogP contribution in [-0.4, -0.2) is 59.3 Å². The van der Waals surface area contributed by atoms with Gasteiger partial charge in [-0.1, -0.05) is 83.0 Å². The summed E-state index contributed by atoms with van der Waals surface area (Å²) in [4.78, 5) is 5.15. The predicted molar refractivity (Wildman–Crippen MR) is 197 cm³/mol. The summed E-state index contributed by atoms with van der Waals surface area (Å²) < 4.78 is 14.2. The van der Waals surface area contributed by atoms with Crippen LogP contribution in [0.1, 0.15) is 99.5 Å². The molecule has 7 heteroatoms. The molecule has 1 aromatic carbocycles. The van der Waals surface area contributed by atoms with Gasteiger partial charge < -0.3 is 20.9 Å². The van der Waals surface area contributed by atoms with Crippen molar-refractivity contribution in [1.29, 1.82) is 0 Å². The fourth-order valence-electron chi connectivity index (χ4n) is 4.77. The van der Waals surface area contributed by atoms with Crippen LogP contribution in [0, 0.1) is 12.7 Å². The first-order valence-corrected chi connectivity index (χ1v) is 17.1. The molecule has 0 aliphatic carbocycles. The number of allylic oxidation sites excluding steroid dienone is 6. The molecule has 2 heterocycles. The lowest BCUT2D eigenvalue weighted by Crippen LogP contribution is -2.44. The van der Waals surface area contributed by atoms with E-state index in [0.29, 0.717) is 16.9 Å². The molecule has 3 rings (SSSR count). The number of anilines is 1. The normalized spacial score (nSPS) is 14.5. The zero-order valence-corrected chi connectivity index (χ0v) is 30.2. The van der Waals surface area contributed by atoms with Gasteiger partial charge in [0.2, 0.25) is 0 Å². The van der Waals surface area contributed by atoms with Crippen LogP contribution in [0.15, 0.2) is 72.2 Å². The number of nitrogens with zero attached hydrogens (tertiary/aromatic N) is 3. The number of hydrogen-bond donors (Lipinski definition) is 3. The lowest BCUT2D eigenvalue weighted by molar-refractivity contribution is 0.121. The second-order valence-electron chi connectivity index (χ2n) is 11.1. The van der Waals surface area contributed by atoms with Crippen LogP contribution in [0.4, 0.5) is 10.2 Å².